The van der Waals surface area contributed by atoms with Crippen LogP contribution in [0.25, 0.3) is 0 Å². The van der Waals surface area contributed by atoms with Gasteiger partial charge in [0.25, 0.3) is 5.91 Å². The summed E-state index contributed by atoms with van der Waals surface area (Å²) in [6.07, 6.45) is 2.26. The molecule has 1 heterocycles. The van der Waals surface area contributed by atoms with Gasteiger partial charge in [-0.15, -0.1) is 0 Å². The molecule has 0 saturated carbocycles. The zero-order valence-electron chi connectivity index (χ0n) is 17.1. The number of hydrogen-bond acceptors (Lipinski definition) is 4. The number of aromatic nitrogens is 1. The molecule has 1 amide bonds. The summed E-state index contributed by atoms with van der Waals surface area (Å²) in [5.74, 6) is 2.12. The van der Waals surface area contributed by atoms with Crippen LogP contribution in [-0.4, -0.2) is 10.9 Å². The molecular weight excluding hydrogens is 362 g/mol. The van der Waals surface area contributed by atoms with Crippen molar-refractivity contribution in [3.63, 3.8) is 0 Å². The van der Waals surface area contributed by atoms with Gasteiger partial charge in [-0.2, -0.15) is 0 Å². The van der Waals surface area contributed by atoms with E-state index in [2.05, 4.69) is 36.3 Å². The van der Waals surface area contributed by atoms with Gasteiger partial charge in [0.2, 0.25) is 0 Å². The van der Waals surface area contributed by atoms with Gasteiger partial charge in [-0.3, -0.25) is 4.79 Å². The van der Waals surface area contributed by atoms with Crippen LogP contribution in [0.5, 0.6) is 11.5 Å². The maximum Gasteiger partial charge on any atom is 0.259 e. The number of nitrogen functional groups attached to an aromatic ring is 1. The van der Waals surface area contributed by atoms with Crippen molar-refractivity contribution >= 4 is 17.4 Å². The van der Waals surface area contributed by atoms with Crippen molar-refractivity contribution < 1.29 is 9.53 Å². The Labute approximate surface area is 171 Å². The van der Waals surface area contributed by atoms with Gasteiger partial charge in [0.05, 0.1) is 5.56 Å². The summed E-state index contributed by atoms with van der Waals surface area (Å²) in [7, 11) is 0. The molecule has 3 rings (SSSR count). The van der Waals surface area contributed by atoms with Crippen molar-refractivity contribution in [3.8, 4) is 11.5 Å². The number of benzene rings is 2. The maximum atomic E-state index is 12.4. The number of nitrogens with one attached hydrogen (secondary N) is 1. The maximum absolute atomic E-state index is 12.4. The lowest BCUT2D eigenvalue weighted by Gasteiger charge is -2.10. The highest BCUT2D eigenvalue weighted by Crippen LogP contribution is 2.24. The van der Waals surface area contributed by atoms with E-state index in [4.69, 9.17) is 10.5 Å². The third-order valence-corrected chi connectivity index (χ3v) is 4.59. The van der Waals surface area contributed by atoms with Crippen LogP contribution in [0, 0.1) is 12.8 Å². The van der Waals surface area contributed by atoms with Crippen LogP contribution in [0.15, 0.2) is 60.7 Å². The second kappa shape index (κ2) is 9.24. The molecule has 150 valence electrons. The van der Waals surface area contributed by atoms with E-state index in [0.29, 0.717) is 22.9 Å². The molecule has 5 nitrogen and oxygen atoms in total. The van der Waals surface area contributed by atoms with E-state index in [1.807, 2.05) is 31.2 Å². The number of hydrogen-bond donors (Lipinski definition) is 2. The quantitative estimate of drug-likeness (QED) is 0.551. The number of rotatable bonds is 7. The fourth-order valence-corrected chi connectivity index (χ4v) is 2.89. The van der Waals surface area contributed by atoms with E-state index in [-0.39, 0.29) is 11.7 Å². The number of nitrogens with two attached hydrogens (primary N) is 1. The first-order valence-electron chi connectivity index (χ1n) is 9.82. The highest BCUT2D eigenvalue weighted by atomic mass is 16.5. The smallest absolute Gasteiger partial charge is 0.259 e. The van der Waals surface area contributed by atoms with Crippen molar-refractivity contribution in [2.45, 2.75) is 33.6 Å². The fourth-order valence-electron chi connectivity index (χ4n) is 2.89. The lowest BCUT2D eigenvalue weighted by atomic mass is 10.0. The van der Waals surface area contributed by atoms with Crippen LogP contribution >= 0.6 is 0 Å². The summed E-state index contributed by atoms with van der Waals surface area (Å²) >= 11 is 0. The van der Waals surface area contributed by atoms with Crippen molar-refractivity contribution in [1.82, 2.24) is 4.98 Å². The second-order valence-electron chi connectivity index (χ2n) is 7.54. The van der Waals surface area contributed by atoms with Crippen molar-refractivity contribution in [2.24, 2.45) is 5.92 Å². The van der Waals surface area contributed by atoms with Gasteiger partial charge in [0, 0.05) is 11.4 Å². The molecule has 0 aliphatic heterocycles. The van der Waals surface area contributed by atoms with Gasteiger partial charge in [-0.05, 0) is 79.8 Å². The molecule has 2 aromatic carbocycles. The largest absolute Gasteiger partial charge is 0.457 e. The average molecular weight is 389 g/mol. The normalized spacial score (nSPS) is 10.8. The number of carbonyl (C=O) groups is 1. The second-order valence-corrected chi connectivity index (χ2v) is 7.54. The zero-order chi connectivity index (χ0) is 20.8. The van der Waals surface area contributed by atoms with Gasteiger partial charge in [-0.25, -0.2) is 4.98 Å². The zero-order valence-corrected chi connectivity index (χ0v) is 17.1. The molecule has 0 radical (unpaired) electrons. The molecule has 0 bridgehead atoms. The first kappa shape index (κ1) is 20.4. The number of amides is 1. The molecule has 0 aliphatic rings. The van der Waals surface area contributed by atoms with Crippen molar-refractivity contribution in [1.29, 1.82) is 0 Å². The standard InChI is InChI=1S/C24H27N3O2/c1-16(2)4-6-18-7-11-20(12-8-18)29-21-13-9-19(10-14-21)27-24(28)22-15-5-17(3)26-23(22)25/h5,7-16H,4,6H2,1-3H3,(H2,25,26)(H,27,28). The van der Waals surface area contributed by atoms with Crippen LogP contribution in [0.2, 0.25) is 0 Å². The third kappa shape index (κ3) is 5.82. The molecule has 0 spiro atoms. The van der Waals surface area contributed by atoms with Gasteiger partial charge >= 0.3 is 0 Å². The molecule has 0 unspecified atom stereocenters. The molecule has 29 heavy (non-hydrogen) atoms. The van der Waals surface area contributed by atoms with E-state index in [1.54, 1.807) is 24.3 Å². The summed E-state index contributed by atoms with van der Waals surface area (Å²) in [5, 5.41) is 2.83. The van der Waals surface area contributed by atoms with E-state index >= 15 is 0 Å². The lowest BCUT2D eigenvalue weighted by molar-refractivity contribution is 0.102. The van der Waals surface area contributed by atoms with Gasteiger partial charge < -0.3 is 15.8 Å². The number of nitrogens with zero attached hydrogens (tertiary/aromatic N) is 1. The van der Waals surface area contributed by atoms with Crippen LogP contribution in [0.3, 0.4) is 0 Å². The summed E-state index contributed by atoms with van der Waals surface area (Å²) in [6.45, 7) is 6.29. The van der Waals surface area contributed by atoms with E-state index in [0.717, 1.165) is 17.9 Å². The Bertz CT molecular complexity index is 964. The topological polar surface area (TPSA) is 77.2 Å². The lowest BCUT2D eigenvalue weighted by Crippen LogP contribution is -2.15. The van der Waals surface area contributed by atoms with E-state index < -0.39 is 0 Å². The minimum atomic E-state index is -0.291. The van der Waals surface area contributed by atoms with Crippen LogP contribution in [-0.2, 0) is 6.42 Å². The first-order chi connectivity index (χ1) is 13.9. The molecule has 3 N–H and O–H groups in total. The van der Waals surface area contributed by atoms with Crippen molar-refractivity contribution in [3.05, 3.63) is 77.5 Å². The van der Waals surface area contributed by atoms with Gasteiger partial charge in [0.1, 0.15) is 17.3 Å². The Hall–Kier alpha value is -3.34. The molecule has 0 fully saturated rings. The molecule has 0 aliphatic carbocycles. The highest BCUT2D eigenvalue weighted by Gasteiger charge is 2.11. The van der Waals surface area contributed by atoms with Crippen molar-refractivity contribution in [2.75, 3.05) is 11.1 Å². The monoisotopic (exact) mass is 389 g/mol. The molecule has 0 saturated heterocycles. The first-order valence-corrected chi connectivity index (χ1v) is 9.82. The minimum absolute atomic E-state index is 0.222. The minimum Gasteiger partial charge on any atom is -0.457 e. The van der Waals surface area contributed by atoms with Crippen LogP contribution in [0.1, 0.15) is 41.9 Å². The Morgan fingerprint density at radius 3 is 2.21 bits per heavy atom. The third-order valence-electron chi connectivity index (χ3n) is 4.59. The number of ether oxygens (including phenoxy) is 1. The van der Waals surface area contributed by atoms with Gasteiger partial charge in [0.15, 0.2) is 0 Å². The fraction of sp³-hybridized carbons (Fsp3) is 0.250. The Morgan fingerprint density at radius 1 is 1.00 bits per heavy atom. The molecule has 5 heteroatoms. The van der Waals surface area contributed by atoms with Crippen LogP contribution < -0.4 is 15.8 Å². The molecule has 0 atom stereocenters. The predicted octanol–water partition coefficient (Wildman–Crippen LogP) is 5.61. The molecule has 3 aromatic rings. The number of carbonyl (C=O) groups excluding carboxylic acids is 1. The number of aryl methyl sites for hydroxylation is 2. The highest BCUT2D eigenvalue weighted by molar-refractivity contribution is 6.07. The average Bonchev–Trinajstić information content (AvgIpc) is 2.69. The van der Waals surface area contributed by atoms with Gasteiger partial charge in [-0.1, -0.05) is 26.0 Å². The van der Waals surface area contributed by atoms with Crippen LogP contribution in [0.4, 0.5) is 11.5 Å². The van der Waals surface area contributed by atoms with E-state index in [1.165, 1.54) is 12.0 Å². The number of pyridine rings is 1. The SMILES string of the molecule is Cc1ccc(C(=O)Nc2ccc(Oc3ccc(CCC(C)C)cc3)cc2)c(N)n1. The Balaban J connectivity index is 1.59. The summed E-state index contributed by atoms with van der Waals surface area (Å²) in [5.41, 5.74) is 8.94. The number of anilines is 2. The summed E-state index contributed by atoms with van der Waals surface area (Å²) < 4.78 is 5.89. The molecule has 1 aromatic heterocycles. The summed E-state index contributed by atoms with van der Waals surface area (Å²) in [4.78, 5) is 16.5. The molecular formula is C24H27N3O2. The Kier molecular flexibility index (Phi) is 6.50. The van der Waals surface area contributed by atoms with E-state index in [9.17, 15) is 4.79 Å². The Morgan fingerprint density at radius 2 is 1.62 bits per heavy atom. The summed E-state index contributed by atoms with van der Waals surface area (Å²) in [6, 6.07) is 18.8. The predicted molar refractivity (Wildman–Crippen MR) is 117 cm³/mol.